The van der Waals surface area contributed by atoms with E-state index in [-0.39, 0.29) is 5.91 Å². The van der Waals surface area contributed by atoms with E-state index in [1.807, 2.05) is 48.0 Å². The molecule has 2 heterocycles. The van der Waals surface area contributed by atoms with Gasteiger partial charge in [-0.05, 0) is 56.7 Å². The summed E-state index contributed by atoms with van der Waals surface area (Å²) >= 11 is 0. The van der Waals surface area contributed by atoms with Crippen molar-refractivity contribution >= 4 is 12.0 Å². The van der Waals surface area contributed by atoms with Gasteiger partial charge in [-0.1, -0.05) is 37.5 Å². The van der Waals surface area contributed by atoms with E-state index >= 15 is 0 Å². The molecule has 0 bridgehead atoms. The average molecular weight is 364 g/mol. The monoisotopic (exact) mass is 363 g/mol. The first-order valence-electron chi connectivity index (χ1n) is 10.2. The molecule has 2 aliphatic rings. The van der Waals surface area contributed by atoms with Crippen molar-refractivity contribution in [2.45, 2.75) is 46.0 Å². The van der Waals surface area contributed by atoms with Crippen molar-refractivity contribution in [3.8, 4) is 5.69 Å². The molecular formula is C23H29N3O. The van der Waals surface area contributed by atoms with Gasteiger partial charge in [0, 0.05) is 30.4 Å². The highest BCUT2D eigenvalue weighted by molar-refractivity contribution is 5.92. The van der Waals surface area contributed by atoms with Crippen LogP contribution in [0.1, 0.15) is 49.1 Å². The van der Waals surface area contributed by atoms with Crippen LogP contribution in [0.15, 0.2) is 36.4 Å². The molecule has 1 saturated heterocycles. The summed E-state index contributed by atoms with van der Waals surface area (Å²) in [6, 6.07) is 10.1. The Kier molecular flexibility index (Phi) is 5.15. The highest BCUT2D eigenvalue weighted by Crippen LogP contribution is 2.36. The molecule has 27 heavy (non-hydrogen) atoms. The van der Waals surface area contributed by atoms with Crippen LogP contribution in [0.5, 0.6) is 0 Å². The molecule has 4 rings (SSSR count). The van der Waals surface area contributed by atoms with E-state index in [9.17, 15) is 4.79 Å². The lowest BCUT2D eigenvalue weighted by atomic mass is 9.75. The predicted octanol–water partition coefficient (Wildman–Crippen LogP) is 4.54. The highest BCUT2D eigenvalue weighted by atomic mass is 16.2. The van der Waals surface area contributed by atoms with Crippen LogP contribution in [0, 0.1) is 25.7 Å². The van der Waals surface area contributed by atoms with Crippen LogP contribution >= 0.6 is 0 Å². The third kappa shape index (κ3) is 3.71. The summed E-state index contributed by atoms with van der Waals surface area (Å²) in [4.78, 5) is 14.8. The number of fused-ring (bicyclic) bond motifs is 1. The van der Waals surface area contributed by atoms with Gasteiger partial charge in [0.15, 0.2) is 0 Å². The zero-order chi connectivity index (χ0) is 18.8. The van der Waals surface area contributed by atoms with Crippen LogP contribution in [-0.2, 0) is 4.79 Å². The van der Waals surface area contributed by atoms with Gasteiger partial charge in [0.2, 0.25) is 5.91 Å². The lowest BCUT2D eigenvalue weighted by molar-refractivity contribution is -0.128. The first-order chi connectivity index (χ1) is 13.1. The van der Waals surface area contributed by atoms with Crippen molar-refractivity contribution in [2.75, 3.05) is 13.1 Å². The number of hydrogen-bond donors (Lipinski definition) is 0. The maximum Gasteiger partial charge on any atom is 0.246 e. The number of aromatic nitrogens is 2. The minimum atomic E-state index is 0.144. The maximum atomic E-state index is 12.8. The van der Waals surface area contributed by atoms with Gasteiger partial charge >= 0.3 is 0 Å². The van der Waals surface area contributed by atoms with Crippen LogP contribution in [0.2, 0.25) is 0 Å². The number of likely N-dealkylation sites (tertiary alicyclic amines) is 1. The van der Waals surface area contributed by atoms with Gasteiger partial charge in [-0.25, -0.2) is 4.68 Å². The average Bonchev–Trinajstić information content (AvgIpc) is 3.00. The number of carbonyl (C=O) groups is 1. The molecule has 1 aliphatic heterocycles. The number of aryl methyl sites for hydroxylation is 1. The molecule has 0 N–H and O–H groups in total. The summed E-state index contributed by atoms with van der Waals surface area (Å²) in [7, 11) is 0. The third-order valence-corrected chi connectivity index (χ3v) is 6.34. The molecule has 1 aliphatic carbocycles. The van der Waals surface area contributed by atoms with E-state index in [1.165, 1.54) is 32.1 Å². The van der Waals surface area contributed by atoms with Crippen molar-refractivity contribution in [3.05, 3.63) is 53.4 Å². The van der Waals surface area contributed by atoms with Gasteiger partial charge in [0.05, 0.1) is 11.4 Å². The lowest BCUT2D eigenvalue weighted by Gasteiger charge is -2.41. The van der Waals surface area contributed by atoms with Gasteiger partial charge < -0.3 is 4.90 Å². The fourth-order valence-corrected chi connectivity index (χ4v) is 4.78. The molecule has 0 radical (unpaired) electrons. The third-order valence-electron chi connectivity index (χ3n) is 6.34. The second-order valence-corrected chi connectivity index (χ2v) is 8.04. The summed E-state index contributed by atoms with van der Waals surface area (Å²) in [5, 5.41) is 4.67. The number of para-hydroxylation sites is 1. The molecule has 1 aromatic heterocycles. The maximum absolute atomic E-state index is 12.8. The van der Waals surface area contributed by atoms with Gasteiger partial charge in [-0.15, -0.1) is 0 Å². The van der Waals surface area contributed by atoms with Gasteiger partial charge in [0.1, 0.15) is 0 Å². The molecule has 1 saturated carbocycles. The van der Waals surface area contributed by atoms with Crippen LogP contribution < -0.4 is 0 Å². The number of benzene rings is 1. The first kappa shape index (κ1) is 18.0. The number of rotatable bonds is 3. The Morgan fingerprint density at radius 3 is 2.59 bits per heavy atom. The number of hydrogen-bond acceptors (Lipinski definition) is 2. The summed E-state index contributed by atoms with van der Waals surface area (Å²) < 4.78 is 1.95. The van der Waals surface area contributed by atoms with E-state index in [0.29, 0.717) is 5.92 Å². The first-order valence-corrected chi connectivity index (χ1v) is 10.2. The second-order valence-electron chi connectivity index (χ2n) is 8.04. The Morgan fingerprint density at radius 1 is 1.07 bits per heavy atom. The van der Waals surface area contributed by atoms with Gasteiger partial charge in [-0.3, -0.25) is 4.79 Å². The number of amides is 1. The lowest BCUT2D eigenvalue weighted by Crippen LogP contribution is -2.44. The van der Waals surface area contributed by atoms with E-state index in [0.717, 1.165) is 41.6 Å². The Bertz CT molecular complexity index is 837. The fourth-order valence-electron chi connectivity index (χ4n) is 4.78. The second kappa shape index (κ2) is 7.71. The Hall–Kier alpha value is -2.36. The minimum Gasteiger partial charge on any atom is -0.339 e. The van der Waals surface area contributed by atoms with Crippen molar-refractivity contribution in [1.82, 2.24) is 14.7 Å². The molecule has 4 nitrogen and oxygen atoms in total. The van der Waals surface area contributed by atoms with Crippen LogP contribution in [0.4, 0.5) is 0 Å². The Morgan fingerprint density at radius 2 is 1.81 bits per heavy atom. The SMILES string of the molecule is Cc1nn(-c2ccccc2)c(C)c1/C=C/C(=O)N1CC[C@@H]2CCCC[C@H]2C1. The number of nitrogens with zero attached hydrogens (tertiary/aromatic N) is 3. The van der Waals surface area contributed by atoms with Crippen LogP contribution in [-0.4, -0.2) is 33.7 Å². The van der Waals surface area contributed by atoms with Crippen LogP contribution in [0.3, 0.4) is 0 Å². The van der Waals surface area contributed by atoms with Gasteiger partial charge in [0.25, 0.3) is 0 Å². The molecule has 1 aromatic carbocycles. The normalized spacial score (nSPS) is 22.8. The molecule has 2 atom stereocenters. The summed E-state index contributed by atoms with van der Waals surface area (Å²) in [5.74, 6) is 1.71. The highest BCUT2D eigenvalue weighted by Gasteiger charge is 2.32. The minimum absolute atomic E-state index is 0.144. The van der Waals surface area contributed by atoms with Gasteiger partial charge in [-0.2, -0.15) is 5.10 Å². The number of carbonyl (C=O) groups excluding carboxylic acids is 1. The van der Waals surface area contributed by atoms with Crippen molar-refractivity contribution in [1.29, 1.82) is 0 Å². The molecule has 0 spiro atoms. The molecule has 4 heteroatoms. The summed E-state index contributed by atoms with van der Waals surface area (Å²) in [6.45, 7) is 5.91. The van der Waals surface area contributed by atoms with Crippen molar-refractivity contribution in [2.24, 2.45) is 11.8 Å². The zero-order valence-corrected chi connectivity index (χ0v) is 16.4. The molecule has 0 unspecified atom stereocenters. The summed E-state index contributed by atoms with van der Waals surface area (Å²) in [5.41, 5.74) is 4.10. The smallest absolute Gasteiger partial charge is 0.246 e. The van der Waals surface area contributed by atoms with E-state index < -0.39 is 0 Å². The topological polar surface area (TPSA) is 38.1 Å². The van der Waals surface area contributed by atoms with Crippen molar-refractivity contribution < 1.29 is 4.79 Å². The standard InChI is InChI=1S/C23H29N3O/c1-17-22(18(2)26(24-17)21-10-4-3-5-11-21)12-13-23(27)25-15-14-19-8-6-7-9-20(19)16-25/h3-5,10-13,19-20H,6-9,14-16H2,1-2H3/b13-12+/t19-,20-/m0/s1. The van der Waals surface area contributed by atoms with E-state index in [2.05, 4.69) is 16.9 Å². The van der Waals surface area contributed by atoms with E-state index in [1.54, 1.807) is 6.08 Å². The molecule has 2 fully saturated rings. The molecule has 1 amide bonds. The largest absolute Gasteiger partial charge is 0.339 e. The quantitative estimate of drug-likeness (QED) is 0.751. The predicted molar refractivity (Wildman–Crippen MR) is 109 cm³/mol. The van der Waals surface area contributed by atoms with Crippen LogP contribution in [0.25, 0.3) is 11.8 Å². The number of piperidine rings is 1. The molecular weight excluding hydrogens is 334 g/mol. The zero-order valence-electron chi connectivity index (χ0n) is 16.4. The summed E-state index contributed by atoms with van der Waals surface area (Å²) in [6.07, 6.45) is 10.2. The molecule has 2 aromatic rings. The fraction of sp³-hybridized carbons (Fsp3) is 0.478. The van der Waals surface area contributed by atoms with E-state index in [4.69, 9.17) is 0 Å². The molecule has 142 valence electrons. The Balaban J connectivity index is 1.48. The Labute approximate surface area is 161 Å². The van der Waals surface area contributed by atoms with Crippen molar-refractivity contribution in [3.63, 3.8) is 0 Å².